The highest BCUT2D eigenvalue weighted by Gasteiger charge is 2.34. The maximum atomic E-state index is 5.76. The average molecular weight is 258 g/mol. The predicted octanol–water partition coefficient (Wildman–Crippen LogP) is 1.66. The number of halogens is 1. The Balaban J connectivity index is 2.03. The fourth-order valence-electron chi connectivity index (χ4n) is 1.81. The number of anilines is 1. The molecule has 17 heavy (non-hydrogen) atoms. The van der Waals surface area contributed by atoms with Crippen molar-refractivity contribution in [3.05, 3.63) is 17.0 Å². The standard InChI is InChI=1S/C11H16ClN3O2/c1-8-5-13-10(12)15-9(8)14-6-11(16-2)3-4-17-7-11/h5H,3-4,6-7H2,1-2H3,(H,13,14,15). The first-order valence-corrected chi connectivity index (χ1v) is 5.89. The van der Waals surface area contributed by atoms with Crippen molar-refractivity contribution in [2.45, 2.75) is 18.9 Å². The number of hydrogen-bond acceptors (Lipinski definition) is 5. The quantitative estimate of drug-likeness (QED) is 0.832. The molecule has 2 rings (SSSR count). The molecule has 1 aliphatic heterocycles. The second-order valence-corrected chi connectivity index (χ2v) is 4.55. The van der Waals surface area contributed by atoms with Crippen LogP contribution in [0.1, 0.15) is 12.0 Å². The van der Waals surface area contributed by atoms with Gasteiger partial charge in [-0.3, -0.25) is 0 Å². The third-order valence-electron chi connectivity index (χ3n) is 3.02. The van der Waals surface area contributed by atoms with Crippen molar-refractivity contribution in [3.8, 4) is 0 Å². The number of methoxy groups -OCH3 is 1. The molecule has 1 aromatic heterocycles. The maximum absolute atomic E-state index is 5.76. The first-order valence-electron chi connectivity index (χ1n) is 5.51. The van der Waals surface area contributed by atoms with E-state index in [1.54, 1.807) is 13.3 Å². The molecule has 6 heteroatoms. The van der Waals surface area contributed by atoms with Gasteiger partial charge in [0.2, 0.25) is 5.28 Å². The molecule has 1 aliphatic rings. The van der Waals surface area contributed by atoms with Crippen LogP contribution >= 0.6 is 11.6 Å². The average Bonchev–Trinajstić information content (AvgIpc) is 2.80. The molecular formula is C11H16ClN3O2. The van der Waals surface area contributed by atoms with Gasteiger partial charge in [0.1, 0.15) is 11.4 Å². The molecule has 0 spiro atoms. The SMILES string of the molecule is COC1(CNc2nc(Cl)ncc2C)CCOC1. The molecular weight excluding hydrogens is 242 g/mol. The van der Waals surface area contributed by atoms with Gasteiger partial charge in [0.15, 0.2) is 0 Å². The Bertz CT molecular complexity index is 394. The summed E-state index contributed by atoms with van der Waals surface area (Å²) in [6.07, 6.45) is 2.58. The number of nitrogens with one attached hydrogen (secondary N) is 1. The van der Waals surface area contributed by atoms with E-state index in [1.807, 2.05) is 6.92 Å². The Morgan fingerprint density at radius 1 is 1.65 bits per heavy atom. The van der Waals surface area contributed by atoms with Gasteiger partial charge in [0, 0.05) is 38.4 Å². The van der Waals surface area contributed by atoms with Crippen LogP contribution < -0.4 is 5.32 Å². The van der Waals surface area contributed by atoms with Crippen molar-refractivity contribution in [1.29, 1.82) is 0 Å². The van der Waals surface area contributed by atoms with E-state index in [0.717, 1.165) is 24.4 Å². The zero-order valence-corrected chi connectivity index (χ0v) is 10.8. The Kier molecular flexibility index (Phi) is 3.81. The van der Waals surface area contributed by atoms with Crippen LogP contribution in [0, 0.1) is 6.92 Å². The lowest BCUT2D eigenvalue weighted by atomic mass is 10.0. The first-order chi connectivity index (χ1) is 8.15. The van der Waals surface area contributed by atoms with Crippen LogP contribution in [-0.4, -0.2) is 42.4 Å². The summed E-state index contributed by atoms with van der Waals surface area (Å²) < 4.78 is 10.9. The van der Waals surface area contributed by atoms with E-state index in [2.05, 4.69) is 15.3 Å². The second-order valence-electron chi connectivity index (χ2n) is 4.21. The van der Waals surface area contributed by atoms with Gasteiger partial charge in [-0.25, -0.2) is 9.97 Å². The molecule has 1 fully saturated rings. The molecule has 0 radical (unpaired) electrons. The minimum atomic E-state index is -0.260. The van der Waals surface area contributed by atoms with E-state index in [-0.39, 0.29) is 10.9 Å². The van der Waals surface area contributed by atoms with E-state index in [4.69, 9.17) is 21.1 Å². The largest absolute Gasteiger partial charge is 0.378 e. The highest BCUT2D eigenvalue weighted by Crippen LogP contribution is 2.23. The van der Waals surface area contributed by atoms with E-state index in [0.29, 0.717) is 13.2 Å². The zero-order chi connectivity index (χ0) is 12.3. The lowest BCUT2D eigenvalue weighted by Crippen LogP contribution is -2.39. The fourth-order valence-corrected chi connectivity index (χ4v) is 1.94. The minimum Gasteiger partial charge on any atom is -0.378 e. The van der Waals surface area contributed by atoms with Crippen LogP contribution in [0.25, 0.3) is 0 Å². The van der Waals surface area contributed by atoms with E-state index in [9.17, 15) is 0 Å². The van der Waals surface area contributed by atoms with Gasteiger partial charge in [-0.15, -0.1) is 0 Å². The normalized spacial score (nSPS) is 23.9. The van der Waals surface area contributed by atoms with Gasteiger partial charge in [-0.05, 0) is 18.5 Å². The molecule has 1 unspecified atom stereocenters. The van der Waals surface area contributed by atoms with Crippen LogP contribution in [0.15, 0.2) is 6.20 Å². The monoisotopic (exact) mass is 257 g/mol. The summed E-state index contributed by atoms with van der Waals surface area (Å²) in [5.74, 6) is 0.744. The summed E-state index contributed by atoms with van der Waals surface area (Å²) in [5, 5.41) is 3.49. The molecule has 94 valence electrons. The second kappa shape index (κ2) is 5.16. The maximum Gasteiger partial charge on any atom is 0.224 e. The van der Waals surface area contributed by atoms with Crippen molar-refractivity contribution in [2.75, 3.05) is 32.2 Å². The van der Waals surface area contributed by atoms with Gasteiger partial charge < -0.3 is 14.8 Å². The lowest BCUT2D eigenvalue weighted by molar-refractivity contribution is -0.00626. The summed E-state index contributed by atoms with van der Waals surface area (Å²) in [6.45, 7) is 3.92. The van der Waals surface area contributed by atoms with Crippen LogP contribution in [0.2, 0.25) is 5.28 Å². The van der Waals surface area contributed by atoms with Crippen molar-refractivity contribution in [1.82, 2.24) is 9.97 Å². The van der Waals surface area contributed by atoms with Gasteiger partial charge in [-0.1, -0.05) is 0 Å². The number of hydrogen-bond donors (Lipinski definition) is 1. The van der Waals surface area contributed by atoms with Crippen LogP contribution in [-0.2, 0) is 9.47 Å². The van der Waals surface area contributed by atoms with E-state index in [1.165, 1.54) is 0 Å². The highest BCUT2D eigenvalue weighted by molar-refractivity contribution is 6.28. The van der Waals surface area contributed by atoms with Crippen molar-refractivity contribution >= 4 is 17.4 Å². The molecule has 0 aliphatic carbocycles. The number of aryl methyl sites for hydroxylation is 1. The molecule has 0 saturated carbocycles. The Labute approximate surface area is 105 Å². The topological polar surface area (TPSA) is 56.3 Å². The van der Waals surface area contributed by atoms with Crippen LogP contribution in [0.4, 0.5) is 5.82 Å². The number of ether oxygens (including phenoxy) is 2. The molecule has 5 nitrogen and oxygen atoms in total. The van der Waals surface area contributed by atoms with Gasteiger partial charge in [-0.2, -0.15) is 0 Å². The first kappa shape index (κ1) is 12.5. The Morgan fingerprint density at radius 2 is 2.47 bits per heavy atom. The van der Waals surface area contributed by atoms with Crippen molar-refractivity contribution < 1.29 is 9.47 Å². The Hall–Kier alpha value is -0.910. The number of aromatic nitrogens is 2. The van der Waals surface area contributed by atoms with E-state index < -0.39 is 0 Å². The Morgan fingerprint density at radius 3 is 3.12 bits per heavy atom. The summed E-state index contributed by atoms with van der Waals surface area (Å²) in [6, 6.07) is 0. The summed E-state index contributed by atoms with van der Waals surface area (Å²) in [7, 11) is 1.70. The summed E-state index contributed by atoms with van der Waals surface area (Å²) >= 11 is 5.76. The number of rotatable bonds is 4. The third-order valence-corrected chi connectivity index (χ3v) is 3.20. The number of nitrogens with zero attached hydrogens (tertiary/aromatic N) is 2. The molecule has 0 amide bonds. The molecule has 2 heterocycles. The summed E-state index contributed by atoms with van der Waals surface area (Å²) in [5.41, 5.74) is 0.698. The van der Waals surface area contributed by atoms with Crippen molar-refractivity contribution in [2.24, 2.45) is 0 Å². The third kappa shape index (κ3) is 2.86. The highest BCUT2D eigenvalue weighted by atomic mass is 35.5. The smallest absolute Gasteiger partial charge is 0.224 e. The van der Waals surface area contributed by atoms with Gasteiger partial charge in [0.05, 0.1) is 6.61 Å². The molecule has 1 N–H and O–H groups in total. The molecule has 0 bridgehead atoms. The predicted molar refractivity (Wildman–Crippen MR) is 65.4 cm³/mol. The van der Waals surface area contributed by atoms with Gasteiger partial charge >= 0.3 is 0 Å². The minimum absolute atomic E-state index is 0.243. The fraction of sp³-hybridized carbons (Fsp3) is 0.636. The lowest BCUT2D eigenvalue weighted by Gasteiger charge is -2.26. The zero-order valence-electron chi connectivity index (χ0n) is 9.99. The van der Waals surface area contributed by atoms with E-state index >= 15 is 0 Å². The summed E-state index contributed by atoms with van der Waals surface area (Å²) in [4.78, 5) is 8.06. The van der Waals surface area contributed by atoms with Gasteiger partial charge in [0.25, 0.3) is 0 Å². The molecule has 1 saturated heterocycles. The molecule has 0 aromatic carbocycles. The molecule has 1 aromatic rings. The van der Waals surface area contributed by atoms with Crippen LogP contribution in [0.5, 0.6) is 0 Å². The van der Waals surface area contributed by atoms with Crippen LogP contribution in [0.3, 0.4) is 0 Å². The van der Waals surface area contributed by atoms with Crippen molar-refractivity contribution in [3.63, 3.8) is 0 Å². The molecule has 1 atom stereocenters.